The Bertz CT molecular complexity index is 320. The zero-order valence-electron chi connectivity index (χ0n) is 19.2. The van der Waals surface area contributed by atoms with Gasteiger partial charge < -0.3 is 51.4 Å². The SMILES string of the molecule is CC(N)COC(C)OCCCN.CC(N)COC(C)OCOC(C)OCC(C)N. The Hall–Kier alpha value is -0.400. The molecule has 0 saturated heterocycles. The lowest BCUT2D eigenvalue weighted by atomic mass is 10.4. The first kappa shape index (κ1) is 30.8. The van der Waals surface area contributed by atoms with Crippen molar-refractivity contribution in [1.82, 2.24) is 0 Å². The lowest BCUT2D eigenvalue weighted by molar-refractivity contribution is -0.237. The van der Waals surface area contributed by atoms with Crippen molar-refractivity contribution in [3.63, 3.8) is 0 Å². The van der Waals surface area contributed by atoms with Crippen LogP contribution in [0.15, 0.2) is 0 Å². The molecule has 0 aliphatic heterocycles. The largest absolute Gasteiger partial charge is 0.353 e. The molecule has 8 N–H and O–H groups in total. The normalized spacial score (nSPS) is 17.6. The quantitative estimate of drug-likeness (QED) is 0.190. The van der Waals surface area contributed by atoms with E-state index >= 15 is 0 Å². The Morgan fingerprint density at radius 2 is 0.897 bits per heavy atom. The molecule has 0 heterocycles. The van der Waals surface area contributed by atoms with Crippen LogP contribution in [0.3, 0.4) is 0 Å². The van der Waals surface area contributed by atoms with Crippen LogP contribution in [0, 0.1) is 0 Å². The molecular formula is C19H46N4O6. The van der Waals surface area contributed by atoms with E-state index in [2.05, 4.69) is 0 Å². The first-order chi connectivity index (χ1) is 13.6. The summed E-state index contributed by atoms with van der Waals surface area (Å²) in [4.78, 5) is 0. The second-order valence-corrected chi connectivity index (χ2v) is 7.10. The van der Waals surface area contributed by atoms with Gasteiger partial charge in [0.15, 0.2) is 25.7 Å². The predicted octanol–water partition coefficient (Wildman–Crippen LogP) is 0.458. The van der Waals surface area contributed by atoms with Gasteiger partial charge in [-0.25, -0.2) is 0 Å². The van der Waals surface area contributed by atoms with Crippen LogP contribution in [-0.4, -0.2) is 76.8 Å². The summed E-state index contributed by atoms with van der Waals surface area (Å²) in [5.41, 5.74) is 21.9. The molecule has 6 unspecified atom stereocenters. The van der Waals surface area contributed by atoms with E-state index in [-0.39, 0.29) is 43.8 Å². The second kappa shape index (κ2) is 20.9. The molecule has 0 aromatic heterocycles. The molecule has 0 aromatic carbocycles. The van der Waals surface area contributed by atoms with Crippen LogP contribution in [0.5, 0.6) is 0 Å². The fraction of sp³-hybridized carbons (Fsp3) is 1.00. The van der Waals surface area contributed by atoms with Gasteiger partial charge in [-0.05, 0) is 54.5 Å². The van der Waals surface area contributed by atoms with Crippen LogP contribution in [0.1, 0.15) is 48.0 Å². The third-order valence-corrected chi connectivity index (χ3v) is 3.09. The van der Waals surface area contributed by atoms with E-state index < -0.39 is 0 Å². The van der Waals surface area contributed by atoms with Crippen molar-refractivity contribution in [2.24, 2.45) is 22.9 Å². The standard InChI is InChI=1S/C11H26N2O4.C8H20N2O2/c1-8(12)5-14-10(3)16-7-17-11(4)15-6-9(2)13;1-7(10)6-12-8(2)11-5-3-4-9/h8-11H,5-7,12-13H2,1-4H3;7-8H,3-6,9-10H2,1-2H3. The second-order valence-electron chi connectivity index (χ2n) is 7.10. The van der Waals surface area contributed by atoms with Gasteiger partial charge in [0, 0.05) is 18.1 Å². The smallest absolute Gasteiger partial charge is 0.157 e. The van der Waals surface area contributed by atoms with Crippen LogP contribution in [0.2, 0.25) is 0 Å². The summed E-state index contributed by atoms with van der Waals surface area (Å²) in [7, 11) is 0. The third-order valence-electron chi connectivity index (χ3n) is 3.09. The van der Waals surface area contributed by atoms with Crippen molar-refractivity contribution in [2.45, 2.75) is 85.0 Å². The Kier molecular flexibility index (Phi) is 22.1. The molecule has 0 amide bonds. The fourth-order valence-corrected chi connectivity index (χ4v) is 1.57. The number of hydrogen-bond acceptors (Lipinski definition) is 10. The van der Waals surface area contributed by atoms with Crippen LogP contribution in [-0.2, 0) is 28.4 Å². The average molecular weight is 427 g/mol. The molecule has 0 aliphatic carbocycles. The summed E-state index contributed by atoms with van der Waals surface area (Å²) in [5.74, 6) is 0. The number of rotatable bonds is 17. The lowest BCUT2D eigenvalue weighted by Gasteiger charge is -2.18. The van der Waals surface area contributed by atoms with Gasteiger partial charge in [0.1, 0.15) is 0 Å². The van der Waals surface area contributed by atoms with E-state index in [0.29, 0.717) is 33.0 Å². The summed E-state index contributed by atoms with van der Waals surface area (Å²) in [6.45, 7) is 13.9. The maximum atomic E-state index is 5.54. The van der Waals surface area contributed by atoms with Gasteiger partial charge >= 0.3 is 0 Å². The molecule has 0 rings (SSSR count). The third kappa shape index (κ3) is 27.6. The van der Waals surface area contributed by atoms with Crippen molar-refractivity contribution >= 4 is 0 Å². The first-order valence-electron chi connectivity index (χ1n) is 10.2. The molecule has 178 valence electrons. The molecule has 0 saturated carbocycles. The Morgan fingerprint density at radius 3 is 1.21 bits per heavy atom. The predicted molar refractivity (Wildman–Crippen MR) is 114 cm³/mol. The molecule has 10 heteroatoms. The summed E-state index contributed by atoms with van der Waals surface area (Å²) < 4.78 is 31.6. The van der Waals surface area contributed by atoms with Crippen LogP contribution >= 0.6 is 0 Å². The maximum Gasteiger partial charge on any atom is 0.157 e. The van der Waals surface area contributed by atoms with E-state index in [0.717, 1.165) is 6.42 Å². The van der Waals surface area contributed by atoms with Gasteiger partial charge in [-0.3, -0.25) is 0 Å². The average Bonchev–Trinajstić information content (AvgIpc) is 2.63. The van der Waals surface area contributed by atoms with Gasteiger partial charge in [0.25, 0.3) is 0 Å². The van der Waals surface area contributed by atoms with E-state index in [1.165, 1.54) is 0 Å². The zero-order chi connectivity index (χ0) is 22.7. The van der Waals surface area contributed by atoms with Gasteiger partial charge in [0.2, 0.25) is 0 Å². The molecule has 0 fully saturated rings. The molecule has 0 aromatic rings. The Labute approximate surface area is 176 Å². The fourth-order valence-electron chi connectivity index (χ4n) is 1.57. The van der Waals surface area contributed by atoms with E-state index in [1.807, 2.05) is 27.7 Å². The molecule has 6 atom stereocenters. The lowest BCUT2D eigenvalue weighted by Crippen LogP contribution is -2.28. The summed E-state index contributed by atoms with van der Waals surface area (Å²) in [6, 6.07) is 0.0519. The van der Waals surface area contributed by atoms with Crippen LogP contribution < -0.4 is 22.9 Å². The van der Waals surface area contributed by atoms with E-state index in [1.54, 1.807) is 13.8 Å². The molecule has 0 spiro atoms. The van der Waals surface area contributed by atoms with Gasteiger partial charge in [-0.2, -0.15) is 0 Å². The van der Waals surface area contributed by atoms with E-state index in [4.69, 9.17) is 51.4 Å². The Balaban J connectivity index is 0. The summed E-state index contributed by atoms with van der Waals surface area (Å²) in [5, 5.41) is 0. The minimum atomic E-state index is -0.346. The highest BCUT2D eigenvalue weighted by molar-refractivity contribution is 4.50. The molecule has 0 aliphatic rings. The zero-order valence-corrected chi connectivity index (χ0v) is 19.2. The van der Waals surface area contributed by atoms with Crippen molar-refractivity contribution in [3.05, 3.63) is 0 Å². The number of nitrogens with two attached hydrogens (primary N) is 4. The van der Waals surface area contributed by atoms with Crippen molar-refractivity contribution < 1.29 is 28.4 Å². The van der Waals surface area contributed by atoms with Gasteiger partial charge in [-0.1, -0.05) is 0 Å². The topological polar surface area (TPSA) is 159 Å². The minimum absolute atomic E-state index is 0.00438. The first-order valence-corrected chi connectivity index (χ1v) is 10.2. The summed E-state index contributed by atoms with van der Waals surface area (Å²) >= 11 is 0. The van der Waals surface area contributed by atoms with Crippen molar-refractivity contribution in [2.75, 3.05) is 39.8 Å². The minimum Gasteiger partial charge on any atom is -0.353 e. The van der Waals surface area contributed by atoms with Crippen molar-refractivity contribution in [1.29, 1.82) is 0 Å². The monoisotopic (exact) mass is 426 g/mol. The van der Waals surface area contributed by atoms with Gasteiger partial charge in [-0.15, -0.1) is 0 Å². The van der Waals surface area contributed by atoms with Crippen LogP contribution in [0.4, 0.5) is 0 Å². The maximum absolute atomic E-state index is 5.54. The Morgan fingerprint density at radius 1 is 0.552 bits per heavy atom. The van der Waals surface area contributed by atoms with Gasteiger partial charge in [0.05, 0.1) is 26.4 Å². The molecule has 0 bridgehead atoms. The molecular weight excluding hydrogens is 380 g/mol. The van der Waals surface area contributed by atoms with E-state index in [9.17, 15) is 0 Å². The van der Waals surface area contributed by atoms with Crippen molar-refractivity contribution in [3.8, 4) is 0 Å². The highest BCUT2D eigenvalue weighted by Gasteiger charge is 2.07. The molecule has 10 nitrogen and oxygen atoms in total. The van der Waals surface area contributed by atoms with Crippen LogP contribution in [0.25, 0.3) is 0 Å². The number of hydrogen-bond donors (Lipinski definition) is 4. The number of ether oxygens (including phenoxy) is 6. The highest BCUT2D eigenvalue weighted by atomic mass is 16.8. The molecule has 0 radical (unpaired) electrons. The summed E-state index contributed by atoms with van der Waals surface area (Å²) in [6.07, 6.45) is -0.00267. The highest BCUT2D eigenvalue weighted by Crippen LogP contribution is 1.99. The molecule has 29 heavy (non-hydrogen) atoms.